The van der Waals surface area contributed by atoms with Gasteiger partial charge in [0.25, 0.3) is 0 Å². The summed E-state index contributed by atoms with van der Waals surface area (Å²) in [7, 11) is 0. The van der Waals surface area contributed by atoms with E-state index in [0.717, 1.165) is 22.0 Å². The number of hydrogen-bond acceptors (Lipinski definition) is 2. The number of pyridine rings is 1. The number of nitrogens with zero attached hydrogens (tertiary/aromatic N) is 1. The molecule has 2 aromatic carbocycles. The van der Waals surface area contributed by atoms with Crippen molar-refractivity contribution in [1.82, 2.24) is 4.98 Å². The van der Waals surface area contributed by atoms with Crippen molar-refractivity contribution in [2.24, 2.45) is 0 Å². The first kappa shape index (κ1) is 14.1. The number of hydrogen-bond donors (Lipinski definition) is 1. The van der Waals surface area contributed by atoms with Crippen LogP contribution in [0.15, 0.2) is 60.8 Å². The normalized spacial score (nSPS) is 14.0. The Labute approximate surface area is 129 Å². The minimum absolute atomic E-state index is 0.525. The van der Waals surface area contributed by atoms with Gasteiger partial charge in [0.2, 0.25) is 0 Å². The Kier molecular flexibility index (Phi) is 3.66. The quantitative estimate of drug-likeness (QED) is 0.780. The highest BCUT2D eigenvalue weighted by molar-refractivity contribution is 6.30. The van der Waals surface area contributed by atoms with Gasteiger partial charge in [0.15, 0.2) is 0 Å². The van der Waals surface area contributed by atoms with Gasteiger partial charge in [-0.3, -0.25) is 4.98 Å². The zero-order valence-electron chi connectivity index (χ0n) is 11.8. The Balaban J connectivity index is 1.99. The largest absolute Gasteiger partial charge is 0.385 e. The monoisotopic (exact) mass is 297 g/mol. The summed E-state index contributed by atoms with van der Waals surface area (Å²) in [5.41, 5.74) is 1.93. The molecule has 1 heterocycles. The molecule has 2 nitrogen and oxygen atoms in total. The number of fused-ring (bicyclic) bond motifs is 1. The molecule has 1 unspecified atom stereocenters. The topological polar surface area (TPSA) is 33.1 Å². The maximum absolute atomic E-state index is 10.8. The van der Waals surface area contributed by atoms with Crippen LogP contribution in [0.25, 0.3) is 10.9 Å². The van der Waals surface area contributed by atoms with Crippen LogP contribution in [-0.4, -0.2) is 10.1 Å². The van der Waals surface area contributed by atoms with Gasteiger partial charge in [-0.2, -0.15) is 0 Å². The maximum atomic E-state index is 10.8. The second kappa shape index (κ2) is 5.47. The van der Waals surface area contributed by atoms with Crippen molar-refractivity contribution in [2.75, 3.05) is 0 Å². The lowest BCUT2D eigenvalue weighted by Crippen LogP contribution is -2.24. The van der Waals surface area contributed by atoms with Crippen molar-refractivity contribution in [1.29, 1.82) is 0 Å². The molecule has 1 atom stereocenters. The van der Waals surface area contributed by atoms with Crippen LogP contribution in [-0.2, 0) is 12.0 Å². The second-order valence-electron chi connectivity index (χ2n) is 5.44. The molecule has 0 radical (unpaired) electrons. The fourth-order valence-electron chi connectivity index (χ4n) is 2.59. The zero-order chi connectivity index (χ0) is 14.9. The summed E-state index contributed by atoms with van der Waals surface area (Å²) in [5, 5.41) is 12.6. The first-order valence-electron chi connectivity index (χ1n) is 6.87. The van der Waals surface area contributed by atoms with Gasteiger partial charge < -0.3 is 5.11 Å². The number of aromatic nitrogens is 1. The van der Waals surface area contributed by atoms with E-state index < -0.39 is 5.60 Å². The highest BCUT2D eigenvalue weighted by atomic mass is 35.5. The Morgan fingerprint density at radius 3 is 2.52 bits per heavy atom. The minimum atomic E-state index is -0.950. The summed E-state index contributed by atoms with van der Waals surface area (Å²) in [6, 6.07) is 17.3. The maximum Gasteiger partial charge on any atom is 0.0908 e. The van der Waals surface area contributed by atoms with Gasteiger partial charge in [-0.15, -0.1) is 0 Å². The van der Waals surface area contributed by atoms with Gasteiger partial charge in [-0.05, 0) is 42.3 Å². The van der Waals surface area contributed by atoms with Crippen molar-refractivity contribution in [2.45, 2.75) is 18.9 Å². The highest BCUT2D eigenvalue weighted by Gasteiger charge is 2.24. The average Bonchev–Trinajstić information content (AvgIpc) is 2.48. The van der Waals surface area contributed by atoms with Gasteiger partial charge in [0.05, 0.1) is 11.1 Å². The Morgan fingerprint density at radius 2 is 1.76 bits per heavy atom. The van der Waals surface area contributed by atoms with Crippen LogP contribution >= 0.6 is 11.6 Å². The standard InChI is InChI=1S/C18H16ClNO/c1-18(21,14-6-8-15(19)9-7-14)12-13-10-11-20-17-5-3-2-4-16(13)17/h2-11,21H,12H2,1H3. The molecule has 0 saturated carbocycles. The third-order valence-corrected chi connectivity index (χ3v) is 3.99. The molecule has 0 aliphatic rings. The lowest BCUT2D eigenvalue weighted by molar-refractivity contribution is 0.0579. The summed E-state index contributed by atoms with van der Waals surface area (Å²) in [5.74, 6) is 0. The fraction of sp³-hybridized carbons (Fsp3) is 0.167. The third-order valence-electron chi connectivity index (χ3n) is 3.74. The lowest BCUT2D eigenvalue weighted by atomic mass is 9.88. The second-order valence-corrected chi connectivity index (χ2v) is 5.88. The molecule has 0 amide bonds. The van der Waals surface area contributed by atoms with Crippen LogP contribution in [0.3, 0.4) is 0 Å². The predicted octanol–water partition coefficient (Wildman–Crippen LogP) is 4.34. The van der Waals surface area contributed by atoms with Crippen molar-refractivity contribution in [3.8, 4) is 0 Å². The molecule has 106 valence electrons. The number of rotatable bonds is 3. The van der Waals surface area contributed by atoms with Crippen molar-refractivity contribution < 1.29 is 5.11 Å². The van der Waals surface area contributed by atoms with E-state index in [2.05, 4.69) is 4.98 Å². The van der Waals surface area contributed by atoms with E-state index in [1.165, 1.54) is 0 Å². The molecule has 0 aliphatic heterocycles. The minimum Gasteiger partial charge on any atom is -0.385 e. The van der Waals surface area contributed by atoms with Gasteiger partial charge in [0, 0.05) is 23.0 Å². The molecule has 0 bridgehead atoms. The summed E-state index contributed by atoms with van der Waals surface area (Å²) in [6.45, 7) is 1.82. The lowest BCUT2D eigenvalue weighted by Gasteiger charge is -2.24. The van der Waals surface area contributed by atoms with Crippen molar-refractivity contribution in [3.05, 3.63) is 76.9 Å². The fourth-order valence-corrected chi connectivity index (χ4v) is 2.72. The number of para-hydroxylation sites is 1. The van der Waals surface area contributed by atoms with Gasteiger partial charge in [-0.1, -0.05) is 41.9 Å². The van der Waals surface area contributed by atoms with Crippen molar-refractivity contribution in [3.63, 3.8) is 0 Å². The molecule has 3 rings (SSSR count). The molecular formula is C18H16ClNO. The van der Waals surface area contributed by atoms with Gasteiger partial charge in [0.1, 0.15) is 0 Å². The molecular weight excluding hydrogens is 282 g/mol. The molecule has 1 N–H and O–H groups in total. The number of benzene rings is 2. The van der Waals surface area contributed by atoms with Crippen LogP contribution in [0.4, 0.5) is 0 Å². The van der Waals surface area contributed by atoms with E-state index in [4.69, 9.17) is 11.6 Å². The van der Waals surface area contributed by atoms with Crippen LogP contribution < -0.4 is 0 Å². The van der Waals surface area contributed by atoms with Gasteiger partial charge >= 0.3 is 0 Å². The van der Waals surface area contributed by atoms with Crippen molar-refractivity contribution >= 4 is 22.5 Å². The molecule has 0 saturated heterocycles. The van der Waals surface area contributed by atoms with E-state index in [1.807, 2.05) is 49.4 Å². The summed E-state index contributed by atoms with van der Waals surface area (Å²) < 4.78 is 0. The van der Waals surface area contributed by atoms with E-state index >= 15 is 0 Å². The van der Waals surface area contributed by atoms with Crippen LogP contribution in [0.5, 0.6) is 0 Å². The predicted molar refractivity (Wildman–Crippen MR) is 86.5 cm³/mol. The number of halogens is 1. The first-order valence-corrected chi connectivity index (χ1v) is 7.25. The SMILES string of the molecule is CC(O)(Cc1ccnc2ccccc12)c1ccc(Cl)cc1. The van der Waals surface area contributed by atoms with E-state index in [1.54, 1.807) is 18.3 Å². The third kappa shape index (κ3) is 2.92. The first-order chi connectivity index (χ1) is 10.1. The van der Waals surface area contributed by atoms with Crippen LogP contribution in [0, 0.1) is 0 Å². The summed E-state index contributed by atoms with van der Waals surface area (Å²) in [6.07, 6.45) is 2.31. The van der Waals surface area contributed by atoms with E-state index in [-0.39, 0.29) is 0 Å². The molecule has 0 fully saturated rings. The molecule has 3 aromatic rings. The van der Waals surface area contributed by atoms with E-state index in [0.29, 0.717) is 11.4 Å². The van der Waals surface area contributed by atoms with Crippen LogP contribution in [0.1, 0.15) is 18.1 Å². The Morgan fingerprint density at radius 1 is 1.05 bits per heavy atom. The zero-order valence-corrected chi connectivity index (χ0v) is 12.5. The molecule has 0 spiro atoms. The molecule has 3 heteroatoms. The molecule has 21 heavy (non-hydrogen) atoms. The Bertz CT molecular complexity index is 760. The molecule has 1 aromatic heterocycles. The smallest absolute Gasteiger partial charge is 0.0908 e. The average molecular weight is 298 g/mol. The number of aliphatic hydroxyl groups is 1. The molecule has 0 aliphatic carbocycles. The summed E-state index contributed by atoms with van der Waals surface area (Å²) >= 11 is 5.91. The van der Waals surface area contributed by atoms with Crippen LogP contribution in [0.2, 0.25) is 5.02 Å². The van der Waals surface area contributed by atoms with Gasteiger partial charge in [-0.25, -0.2) is 0 Å². The highest BCUT2D eigenvalue weighted by Crippen LogP contribution is 2.29. The van der Waals surface area contributed by atoms with E-state index in [9.17, 15) is 5.11 Å². The summed E-state index contributed by atoms with van der Waals surface area (Å²) in [4.78, 5) is 4.36. The Hall–Kier alpha value is -1.90.